The first kappa shape index (κ1) is 25.9. The highest BCUT2D eigenvalue weighted by atomic mass is 35.5. The van der Waals surface area contributed by atoms with Crippen molar-refractivity contribution in [2.75, 3.05) is 11.9 Å². The smallest absolute Gasteiger partial charge is 0.232 e. The summed E-state index contributed by atoms with van der Waals surface area (Å²) in [6.45, 7) is 2.76. The second-order valence-corrected chi connectivity index (χ2v) is 6.04. The van der Waals surface area contributed by atoms with Gasteiger partial charge in [0.2, 0.25) is 16.5 Å². The molecular weight excluding hydrogens is 448 g/mol. The van der Waals surface area contributed by atoms with Gasteiger partial charge in [-0.3, -0.25) is 15.7 Å². The minimum Gasteiger partial charge on any atom is -0.370 e. The normalized spacial score (nSPS) is 10.2. The number of hydrogen-bond acceptors (Lipinski definition) is 6. The Hall–Kier alpha value is -2.07. The first-order valence-electron chi connectivity index (χ1n) is 7.81. The minimum absolute atomic E-state index is 0. The van der Waals surface area contributed by atoms with Crippen LogP contribution in [0.5, 0.6) is 0 Å². The van der Waals surface area contributed by atoms with E-state index in [0.717, 1.165) is 12.8 Å². The van der Waals surface area contributed by atoms with Gasteiger partial charge in [-0.1, -0.05) is 37.1 Å². The predicted octanol–water partition coefficient (Wildman–Crippen LogP) is 3.58. The third-order valence-electron chi connectivity index (χ3n) is 2.76. The number of aliphatic imine (C=N–C) groups is 1. The van der Waals surface area contributed by atoms with Crippen LogP contribution in [0.1, 0.15) is 19.8 Å². The van der Waals surface area contributed by atoms with Gasteiger partial charge in [0.1, 0.15) is 0 Å². The Labute approximate surface area is 184 Å². The molecule has 0 atom stereocenters. The van der Waals surface area contributed by atoms with E-state index in [-0.39, 0.29) is 40.8 Å². The van der Waals surface area contributed by atoms with Crippen molar-refractivity contribution in [3.8, 4) is 0 Å². The molecule has 154 valence electrons. The molecule has 0 aliphatic heterocycles. The molecule has 0 saturated carbocycles. The molecule has 7 N–H and O–H groups in total. The second-order valence-electron chi connectivity index (χ2n) is 4.96. The van der Waals surface area contributed by atoms with Crippen molar-refractivity contribution < 1.29 is 0 Å². The number of benzene rings is 1. The van der Waals surface area contributed by atoms with Crippen LogP contribution in [-0.2, 0) is 0 Å². The molecule has 0 aliphatic carbocycles. The maximum Gasteiger partial charge on any atom is 0.232 e. The summed E-state index contributed by atoms with van der Waals surface area (Å²) in [6, 6.07) is 7.18. The number of para-hydroxylation sites is 1. The van der Waals surface area contributed by atoms with Crippen LogP contribution in [0.15, 0.2) is 29.3 Å². The lowest BCUT2D eigenvalue weighted by Gasteiger charge is -2.06. The fourth-order valence-corrected chi connectivity index (χ4v) is 2.15. The van der Waals surface area contributed by atoms with E-state index in [2.05, 4.69) is 37.5 Å². The molecule has 0 unspecified atom stereocenters. The molecule has 1 aromatic heterocycles. The molecular formula is C15H21Cl4N9. The van der Waals surface area contributed by atoms with E-state index < -0.39 is 0 Å². The minimum atomic E-state index is -0.178. The van der Waals surface area contributed by atoms with Crippen molar-refractivity contribution in [2.24, 2.45) is 16.5 Å². The Morgan fingerprint density at radius 2 is 1.71 bits per heavy atom. The summed E-state index contributed by atoms with van der Waals surface area (Å²) in [5.74, 6) is 0.284. The van der Waals surface area contributed by atoms with E-state index in [9.17, 15) is 0 Å². The highest BCUT2D eigenvalue weighted by molar-refractivity contribution is 6.33. The lowest BCUT2D eigenvalue weighted by atomic mass is 10.3. The Morgan fingerprint density at radius 1 is 1.11 bits per heavy atom. The number of halogens is 4. The number of aromatic nitrogens is 3. The van der Waals surface area contributed by atoms with Gasteiger partial charge >= 0.3 is 0 Å². The largest absolute Gasteiger partial charge is 0.370 e. The van der Waals surface area contributed by atoms with Gasteiger partial charge in [-0.25, -0.2) is 0 Å². The molecule has 13 heteroatoms. The van der Waals surface area contributed by atoms with Crippen LogP contribution in [0.3, 0.4) is 0 Å². The molecule has 0 aliphatic rings. The van der Waals surface area contributed by atoms with E-state index >= 15 is 0 Å². The highest BCUT2D eigenvalue weighted by Crippen LogP contribution is 2.23. The van der Waals surface area contributed by atoms with Crippen LogP contribution < -0.4 is 22.1 Å². The molecule has 28 heavy (non-hydrogen) atoms. The molecule has 2 rings (SSSR count). The standard InChI is InChI=1S/C9H5Cl3N4.C6H15N5.ClH/c10-5-3-1-2-4-6(5)13-9-15-7(11)14-8(12)16-9;1-2-3-4-10-6(9)11-5(7)8;/h1-4H,(H,13,14,15,16);2-4H2,1H3,(H6,7,8,9,10,11);1H. The third kappa shape index (κ3) is 10.9. The number of rotatable bonds is 5. The third-order valence-corrected chi connectivity index (χ3v) is 3.43. The quantitative estimate of drug-likeness (QED) is 0.255. The van der Waals surface area contributed by atoms with E-state index in [4.69, 9.17) is 51.7 Å². The van der Waals surface area contributed by atoms with Crippen molar-refractivity contribution in [3.63, 3.8) is 0 Å². The zero-order valence-corrected chi connectivity index (χ0v) is 18.0. The molecule has 9 nitrogen and oxygen atoms in total. The molecule has 0 radical (unpaired) electrons. The van der Waals surface area contributed by atoms with Crippen molar-refractivity contribution >= 4 is 70.8 Å². The van der Waals surface area contributed by atoms with E-state index in [1.165, 1.54) is 0 Å². The molecule has 0 bridgehead atoms. The summed E-state index contributed by atoms with van der Waals surface area (Å²) in [4.78, 5) is 15.3. The summed E-state index contributed by atoms with van der Waals surface area (Å²) in [6.07, 6.45) is 2.08. The number of nitrogens with zero attached hydrogens (tertiary/aromatic N) is 4. The first-order chi connectivity index (χ1) is 12.8. The number of nitrogens with one attached hydrogen (secondary N) is 3. The second kappa shape index (κ2) is 14.0. The van der Waals surface area contributed by atoms with Crippen LogP contribution in [-0.4, -0.2) is 33.4 Å². The Morgan fingerprint density at radius 3 is 2.25 bits per heavy atom. The van der Waals surface area contributed by atoms with E-state index in [1.54, 1.807) is 12.1 Å². The van der Waals surface area contributed by atoms with Gasteiger partial charge in [0, 0.05) is 6.54 Å². The zero-order chi connectivity index (χ0) is 20.2. The lowest BCUT2D eigenvalue weighted by molar-refractivity contribution is 0.804. The van der Waals surface area contributed by atoms with Crippen molar-refractivity contribution in [3.05, 3.63) is 39.9 Å². The Bertz CT molecular complexity index is 766. The van der Waals surface area contributed by atoms with E-state index in [0.29, 0.717) is 17.3 Å². The predicted molar refractivity (Wildman–Crippen MR) is 118 cm³/mol. The average molecular weight is 469 g/mol. The summed E-state index contributed by atoms with van der Waals surface area (Å²) in [5.41, 5.74) is 11.0. The van der Waals surface area contributed by atoms with E-state index in [1.807, 2.05) is 12.1 Å². The van der Waals surface area contributed by atoms with Crippen molar-refractivity contribution in [2.45, 2.75) is 19.8 Å². The number of anilines is 2. The first-order valence-corrected chi connectivity index (χ1v) is 8.94. The molecule has 2 aromatic rings. The zero-order valence-electron chi connectivity index (χ0n) is 14.9. The Kier molecular flexibility index (Phi) is 13.0. The SMILES string of the molecule is CCCCN=C(N)NC(=N)N.Cl.Clc1nc(Cl)nc(Nc2ccccc2Cl)n1. The number of unbranched alkanes of at least 4 members (excludes halogenated alkanes) is 1. The van der Waals surface area contributed by atoms with Gasteiger partial charge in [0.15, 0.2) is 11.9 Å². The van der Waals surface area contributed by atoms with Gasteiger partial charge in [-0.15, -0.1) is 12.4 Å². The fraction of sp³-hybridized carbons (Fsp3) is 0.267. The summed E-state index contributed by atoms with van der Waals surface area (Å²) >= 11 is 17.2. The van der Waals surface area contributed by atoms with Crippen molar-refractivity contribution in [1.29, 1.82) is 5.41 Å². The number of guanidine groups is 2. The fourth-order valence-electron chi connectivity index (χ4n) is 1.60. The van der Waals surface area contributed by atoms with Crippen LogP contribution in [0.4, 0.5) is 11.6 Å². The molecule has 0 spiro atoms. The van der Waals surface area contributed by atoms with Crippen LogP contribution in [0.25, 0.3) is 0 Å². The number of hydrogen-bond donors (Lipinski definition) is 5. The highest BCUT2D eigenvalue weighted by Gasteiger charge is 2.05. The molecule has 1 aromatic carbocycles. The number of nitrogens with two attached hydrogens (primary N) is 2. The van der Waals surface area contributed by atoms with Crippen LogP contribution in [0, 0.1) is 5.41 Å². The molecule has 0 amide bonds. The van der Waals surface area contributed by atoms with Crippen LogP contribution >= 0.6 is 47.2 Å². The molecule has 0 fully saturated rings. The Balaban J connectivity index is 0.000000541. The van der Waals surface area contributed by atoms with Gasteiger partial charge in [0.05, 0.1) is 10.7 Å². The lowest BCUT2D eigenvalue weighted by Crippen LogP contribution is -2.40. The van der Waals surface area contributed by atoms with Gasteiger partial charge in [-0.05, 0) is 41.8 Å². The molecule has 0 saturated heterocycles. The summed E-state index contributed by atoms with van der Waals surface area (Å²) in [7, 11) is 0. The molecule has 1 heterocycles. The summed E-state index contributed by atoms with van der Waals surface area (Å²) < 4.78 is 0. The van der Waals surface area contributed by atoms with Crippen LogP contribution in [0.2, 0.25) is 15.6 Å². The monoisotopic (exact) mass is 467 g/mol. The maximum atomic E-state index is 6.81. The topological polar surface area (TPSA) is 151 Å². The van der Waals surface area contributed by atoms with Crippen molar-refractivity contribution in [1.82, 2.24) is 20.3 Å². The summed E-state index contributed by atoms with van der Waals surface area (Å²) in [5, 5.41) is 12.7. The van der Waals surface area contributed by atoms with Gasteiger partial charge < -0.3 is 16.8 Å². The van der Waals surface area contributed by atoms with Gasteiger partial charge in [-0.2, -0.15) is 15.0 Å². The average Bonchev–Trinajstić information content (AvgIpc) is 2.56. The van der Waals surface area contributed by atoms with Gasteiger partial charge in [0.25, 0.3) is 0 Å². The maximum absolute atomic E-state index is 6.81.